The van der Waals surface area contributed by atoms with Gasteiger partial charge in [0.15, 0.2) is 11.6 Å². The number of nitrogens with zero attached hydrogens (tertiary/aromatic N) is 4. The lowest BCUT2D eigenvalue weighted by Crippen LogP contribution is -2.09. The summed E-state index contributed by atoms with van der Waals surface area (Å²) >= 11 is 0. The maximum Gasteiger partial charge on any atom is 0.337 e. The standard InChI is InChI=1S/C26H18F3N5O2/c1-13-4-3-5-17(26(35)36)23(13)32-25-22(15-10-19(29)24-20(11-15)30-8-9-31-24)14(2)33-34(25)21-7-6-16(27)12-18(21)28/h3-12,32H,1-2H3,(H,35,36). The van der Waals surface area contributed by atoms with Crippen LogP contribution < -0.4 is 5.32 Å². The van der Waals surface area contributed by atoms with E-state index in [1.165, 1.54) is 35.3 Å². The first-order valence-corrected chi connectivity index (χ1v) is 10.8. The van der Waals surface area contributed by atoms with E-state index in [4.69, 9.17) is 0 Å². The Kier molecular flexibility index (Phi) is 5.63. The van der Waals surface area contributed by atoms with Crippen LogP contribution in [0, 0.1) is 31.3 Å². The van der Waals surface area contributed by atoms with E-state index < -0.39 is 23.4 Å². The van der Waals surface area contributed by atoms with Crippen LogP contribution in [-0.2, 0) is 0 Å². The minimum atomic E-state index is -1.18. The Bertz CT molecular complexity index is 1670. The van der Waals surface area contributed by atoms with Crippen molar-refractivity contribution in [2.24, 2.45) is 0 Å². The van der Waals surface area contributed by atoms with Gasteiger partial charge in [-0.05, 0) is 55.3 Å². The molecule has 0 spiro atoms. The summed E-state index contributed by atoms with van der Waals surface area (Å²) in [5, 5.41) is 17.3. The molecule has 0 fully saturated rings. The molecule has 5 aromatic rings. The van der Waals surface area contributed by atoms with Gasteiger partial charge in [0, 0.05) is 24.0 Å². The van der Waals surface area contributed by atoms with Gasteiger partial charge in [-0.2, -0.15) is 5.10 Å². The quantitative estimate of drug-likeness (QED) is 0.317. The van der Waals surface area contributed by atoms with Gasteiger partial charge in [-0.25, -0.2) is 27.6 Å². The van der Waals surface area contributed by atoms with Crippen molar-refractivity contribution in [1.29, 1.82) is 0 Å². The van der Waals surface area contributed by atoms with Gasteiger partial charge in [-0.1, -0.05) is 12.1 Å². The molecule has 2 heterocycles. The Balaban J connectivity index is 1.81. The highest BCUT2D eigenvalue weighted by Gasteiger charge is 2.24. The molecular weight excluding hydrogens is 471 g/mol. The summed E-state index contributed by atoms with van der Waals surface area (Å²) in [4.78, 5) is 20.1. The molecule has 0 saturated carbocycles. The molecule has 0 unspecified atom stereocenters. The van der Waals surface area contributed by atoms with E-state index >= 15 is 0 Å². The smallest absolute Gasteiger partial charge is 0.337 e. The number of aryl methyl sites for hydroxylation is 2. The molecule has 2 N–H and O–H groups in total. The predicted molar refractivity (Wildman–Crippen MR) is 128 cm³/mol. The molecule has 180 valence electrons. The third-order valence-electron chi connectivity index (χ3n) is 5.76. The largest absolute Gasteiger partial charge is 0.478 e. The van der Waals surface area contributed by atoms with E-state index in [0.29, 0.717) is 27.9 Å². The molecule has 2 aromatic heterocycles. The SMILES string of the molecule is Cc1cccc(C(=O)O)c1Nc1c(-c2cc(F)c3nccnc3c2)c(C)nn1-c1ccc(F)cc1F. The van der Waals surface area contributed by atoms with Crippen molar-refractivity contribution >= 4 is 28.5 Å². The summed E-state index contributed by atoms with van der Waals surface area (Å²) in [6.45, 7) is 3.36. The van der Waals surface area contributed by atoms with Gasteiger partial charge < -0.3 is 10.4 Å². The lowest BCUT2D eigenvalue weighted by molar-refractivity contribution is 0.0698. The average Bonchev–Trinajstić information content (AvgIpc) is 3.15. The lowest BCUT2D eigenvalue weighted by Gasteiger charge is -2.17. The van der Waals surface area contributed by atoms with Crippen LogP contribution in [0.4, 0.5) is 24.7 Å². The van der Waals surface area contributed by atoms with Crippen molar-refractivity contribution < 1.29 is 23.1 Å². The number of aromatic carboxylic acids is 1. The minimum absolute atomic E-state index is 0.0264. The maximum absolute atomic E-state index is 15.0. The molecule has 7 nitrogen and oxygen atoms in total. The lowest BCUT2D eigenvalue weighted by atomic mass is 10.0. The van der Waals surface area contributed by atoms with E-state index in [0.717, 1.165) is 12.1 Å². The fourth-order valence-corrected chi connectivity index (χ4v) is 4.12. The van der Waals surface area contributed by atoms with Crippen LogP contribution in [0.1, 0.15) is 21.6 Å². The van der Waals surface area contributed by atoms with Gasteiger partial charge in [-0.15, -0.1) is 0 Å². The molecule has 0 amide bonds. The van der Waals surface area contributed by atoms with Crippen LogP contribution >= 0.6 is 0 Å². The Labute approximate surface area is 202 Å². The van der Waals surface area contributed by atoms with Crippen LogP contribution in [0.5, 0.6) is 0 Å². The molecule has 5 rings (SSSR count). The Morgan fingerprint density at radius 2 is 1.75 bits per heavy atom. The number of fused-ring (bicyclic) bond motifs is 1. The highest BCUT2D eigenvalue weighted by Crippen LogP contribution is 2.38. The number of hydrogen-bond acceptors (Lipinski definition) is 5. The van der Waals surface area contributed by atoms with Crippen molar-refractivity contribution in [2.45, 2.75) is 13.8 Å². The van der Waals surface area contributed by atoms with Crippen LogP contribution in [0.3, 0.4) is 0 Å². The van der Waals surface area contributed by atoms with Crippen molar-refractivity contribution in [3.05, 3.63) is 95.2 Å². The van der Waals surface area contributed by atoms with Crippen molar-refractivity contribution in [3.8, 4) is 16.8 Å². The monoisotopic (exact) mass is 489 g/mol. The molecule has 36 heavy (non-hydrogen) atoms. The molecule has 0 aliphatic rings. The Morgan fingerprint density at radius 3 is 2.50 bits per heavy atom. The first-order valence-electron chi connectivity index (χ1n) is 10.8. The summed E-state index contributed by atoms with van der Waals surface area (Å²) in [5.74, 6) is -3.28. The molecule has 0 aliphatic heterocycles. The highest BCUT2D eigenvalue weighted by atomic mass is 19.1. The van der Waals surface area contributed by atoms with Gasteiger partial charge in [0.2, 0.25) is 0 Å². The number of carboxylic acids is 1. The number of benzene rings is 3. The first kappa shape index (κ1) is 23.0. The number of rotatable bonds is 5. The molecule has 0 aliphatic carbocycles. The summed E-state index contributed by atoms with van der Waals surface area (Å²) < 4.78 is 44.7. The zero-order chi connectivity index (χ0) is 25.6. The number of nitrogens with one attached hydrogen (secondary N) is 1. The van der Waals surface area contributed by atoms with Crippen molar-refractivity contribution in [1.82, 2.24) is 19.7 Å². The van der Waals surface area contributed by atoms with E-state index in [9.17, 15) is 23.1 Å². The highest BCUT2D eigenvalue weighted by molar-refractivity contribution is 5.97. The van der Waals surface area contributed by atoms with Crippen LogP contribution in [0.15, 0.2) is 60.9 Å². The molecule has 0 atom stereocenters. The summed E-state index contributed by atoms with van der Waals surface area (Å²) in [7, 11) is 0. The van der Waals surface area contributed by atoms with Gasteiger partial charge in [-0.3, -0.25) is 4.98 Å². The minimum Gasteiger partial charge on any atom is -0.478 e. The van der Waals surface area contributed by atoms with Crippen LogP contribution in [0.25, 0.3) is 27.8 Å². The fourth-order valence-electron chi connectivity index (χ4n) is 4.12. The number of carbonyl (C=O) groups is 1. The summed E-state index contributed by atoms with van der Waals surface area (Å²) in [6, 6.07) is 10.6. The Morgan fingerprint density at radius 1 is 0.972 bits per heavy atom. The number of anilines is 2. The first-order chi connectivity index (χ1) is 17.2. The zero-order valence-corrected chi connectivity index (χ0v) is 19.1. The average molecular weight is 489 g/mol. The van der Waals surface area contributed by atoms with Gasteiger partial charge in [0.1, 0.15) is 22.8 Å². The van der Waals surface area contributed by atoms with E-state index in [1.807, 2.05) is 0 Å². The maximum atomic E-state index is 15.0. The van der Waals surface area contributed by atoms with Crippen LogP contribution in [0.2, 0.25) is 0 Å². The number of hydrogen-bond donors (Lipinski definition) is 2. The third kappa shape index (κ3) is 3.92. The normalized spacial score (nSPS) is 11.1. The number of aromatic nitrogens is 4. The third-order valence-corrected chi connectivity index (χ3v) is 5.76. The van der Waals surface area contributed by atoms with Gasteiger partial charge in [0.25, 0.3) is 0 Å². The Hall–Kier alpha value is -4.73. The molecule has 0 radical (unpaired) electrons. The topological polar surface area (TPSA) is 92.9 Å². The zero-order valence-electron chi connectivity index (χ0n) is 19.1. The second-order valence-electron chi connectivity index (χ2n) is 8.13. The number of halogens is 3. The second kappa shape index (κ2) is 8.81. The van der Waals surface area contributed by atoms with Gasteiger partial charge in [0.05, 0.1) is 22.5 Å². The number of carboxylic acid groups (broad SMARTS) is 1. The van der Waals surface area contributed by atoms with Crippen molar-refractivity contribution in [3.63, 3.8) is 0 Å². The molecule has 0 saturated heterocycles. The van der Waals surface area contributed by atoms with Gasteiger partial charge >= 0.3 is 5.97 Å². The van der Waals surface area contributed by atoms with E-state index in [2.05, 4.69) is 20.4 Å². The molecule has 3 aromatic carbocycles. The number of para-hydroxylation sites is 1. The fraction of sp³-hybridized carbons (Fsp3) is 0.0769. The van der Waals surface area contributed by atoms with Crippen molar-refractivity contribution in [2.75, 3.05) is 5.32 Å². The van der Waals surface area contributed by atoms with Crippen LogP contribution in [-0.4, -0.2) is 30.8 Å². The summed E-state index contributed by atoms with van der Waals surface area (Å²) in [6.07, 6.45) is 2.81. The van der Waals surface area contributed by atoms with E-state index in [-0.39, 0.29) is 28.3 Å². The molecule has 0 bridgehead atoms. The molecular formula is C26H18F3N5O2. The van der Waals surface area contributed by atoms with E-state index in [1.54, 1.807) is 32.0 Å². The predicted octanol–water partition coefficient (Wildman–Crippen LogP) is 5.96. The summed E-state index contributed by atoms with van der Waals surface area (Å²) in [5.41, 5.74) is 2.23. The molecule has 10 heteroatoms. The second-order valence-corrected chi connectivity index (χ2v) is 8.13.